The van der Waals surface area contributed by atoms with Crippen LogP contribution in [0.4, 0.5) is 17.3 Å². The second-order valence-corrected chi connectivity index (χ2v) is 8.97. The summed E-state index contributed by atoms with van der Waals surface area (Å²) < 4.78 is 11.4. The fourth-order valence-electron chi connectivity index (χ4n) is 4.50. The van der Waals surface area contributed by atoms with Crippen LogP contribution in [0, 0.1) is 6.92 Å². The molecular formula is C25H33N7O2. The van der Waals surface area contributed by atoms with Crippen molar-refractivity contribution in [2.24, 2.45) is 5.10 Å². The summed E-state index contributed by atoms with van der Waals surface area (Å²) in [4.78, 5) is 13.9. The quantitative estimate of drug-likeness (QED) is 0.605. The molecule has 1 aromatic heterocycles. The van der Waals surface area contributed by atoms with Crippen LogP contribution in [0.15, 0.2) is 41.6 Å². The number of nitrogens with zero attached hydrogens (tertiary/aromatic N) is 5. The first kappa shape index (κ1) is 22.6. The lowest BCUT2D eigenvalue weighted by atomic mass is 10.1. The Morgan fingerprint density at radius 2 is 1.94 bits per heavy atom. The molecule has 3 aliphatic heterocycles. The molecule has 2 N–H and O–H groups in total. The zero-order valence-electron chi connectivity index (χ0n) is 19.8. The van der Waals surface area contributed by atoms with Crippen LogP contribution >= 0.6 is 0 Å². The van der Waals surface area contributed by atoms with E-state index in [1.165, 1.54) is 24.8 Å². The highest BCUT2D eigenvalue weighted by Gasteiger charge is 2.22. The number of aromatic nitrogens is 2. The molecule has 0 unspecified atom stereocenters. The molecule has 5 rings (SSSR count). The average Bonchev–Trinajstić information content (AvgIpc) is 3.18. The van der Waals surface area contributed by atoms with Crippen molar-refractivity contribution in [3.8, 4) is 6.01 Å². The van der Waals surface area contributed by atoms with E-state index in [9.17, 15) is 0 Å². The summed E-state index contributed by atoms with van der Waals surface area (Å²) in [6, 6.07) is 8.56. The zero-order chi connectivity index (χ0) is 23.3. The van der Waals surface area contributed by atoms with Crippen LogP contribution in [0.25, 0.3) is 0 Å². The molecule has 0 aliphatic carbocycles. The van der Waals surface area contributed by atoms with Gasteiger partial charge in [0.2, 0.25) is 0 Å². The first-order valence-electron chi connectivity index (χ1n) is 12.1. The molecule has 2 saturated heterocycles. The van der Waals surface area contributed by atoms with E-state index in [0.29, 0.717) is 18.4 Å². The molecule has 2 aromatic rings. The summed E-state index contributed by atoms with van der Waals surface area (Å²) >= 11 is 0. The van der Waals surface area contributed by atoms with Crippen molar-refractivity contribution in [2.75, 3.05) is 68.2 Å². The maximum absolute atomic E-state index is 6.00. The normalized spacial score (nSPS) is 19.7. The highest BCUT2D eigenvalue weighted by atomic mass is 16.5. The van der Waals surface area contributed by atoms with Gasteiger partial charge < -0.3 is 19.7 Å². The van der Waals surface area contributed by atoms with Gasteiger partial charge in [-0.1, -0.05) is 18.2 Å². The van der Waals surface area contributed by atoms with Gasteiger partial charge in [-0.15, -0.1) is 0 Å². The second-order valence-electron chi connectivity index (χ2n) is 8.97. The molecule has 1 aromatic carbocycles. The van der Waals surface area contributed by atoms with Gasteiger partial charge in [0.15, 0.2) is 5.82 Å². The number of hydrogen-bond acceptors (Lipinski definition) is 9. The molecule has 3 aliphatic rings. The number of anilines is 3. The topological polar surface area (TPSA) is 87.1 Å². The number of benzene rings is 1. The monoisotopic (exact) mass is 463 g/mol. The SMILES string of the molecule is C=C1Nc2ccc(C)cc2/C1=N/Nc1cc(N2CCCCC2)nc(OCCN2CCOCC2)n1. The van der Waals surface area contributed by atoms with Crippen LogP contribution in [-0.4, -0.2) is 73.1 Å². The second kappa shape index (κ2) is 10.4. The number of aryl methyl sites for hydroxylation is 1. The smallest absolute Gasteiger partial charge is 0.320 e. The van der Waals surface area contributed by atoms with Crippen LogP contribution in [0.2, 0.25) is 0 Å². The van der Waals surface area contributed by atoms with Crippen LogP contribution in [0.5, 0.6) is 6.01 Å². The lowest BCUT2D eigenvalue weighted by molar-refractivity contribution is 0.0317. The standard InChI is InChI=1S/C25H33N7O2/c1-18-6-7-21-20(16-18)24(19(2)26-21)30-29-22-17-23(32-8-4-3-5-9-32)28-25(27-22)34-15-12-31-10-13-33-14-11-31/h6-7,16-17,26H,2-5,8-15H2,1H3,(H,27,28,29)/b30-24+. The van der Waals surface area contributed by atoms with Gasteiger partial charge in [0, 0.05) is 50.0 Å². The Morgan fingerprint density at radius 3 is 2.76 bits per heavy atom. The number of morpholine rings is 1. The molecule has 180 valence electrons. The van der Waals surface area contributed by atoms with E-state index in [-0.39, 0.29) is 0 Å². The molecule has 9 nitrogen and oxygen atoms in total. The zero-order valence-corrected chi connectivity index (χ0v) is 19.8. The summed E-state index contributed by atoms with van der Waals surface area (Å²) in [6.07, 6.45) is 3.60. The molecule has 0 amide bonds. The number of allylic oxidation sites excluding steroid dienone is 1. The van der Waals surface area contributed by atoms with Gasteiger partial charge in [0.05, 0.1) is 18.9 Å². The minimum absolute atomic E-state index is 0.374. The van der Waals surface area contributed by atoms with Gasteiger partial charge in [-0.2, -0.15) is 15.1 Å². The Balaban J connectivity index is 1.34. The number of hydrazone groups is 1. The summed E-state index contributed by atoms with van der Waals surface area (Å²) in [6.45, 7) is 13.0. The molecule has 0 spiro atoms. The molecular weight excluding hydrogens is 430 g/mol. The van der Waals surface area contributed by atoms with Gasteiger partial charge >= 0.3 is 6.01 Å². The lowest BCUT2D eigenvalue weighted by Crippen LogP contribution is -2.38. The van der Waals surface area contributed by atoms with Gasteiger partial charge in [0.1, 0.15) is 18.1 Å². The van der Waals surface area contributed by atoms with Crippen LogP contribution in [0.1, 0.15) is 30.4 Å². The maximum Gasteiger partial charge on any atom is 0.320 e. The van der Waals surface area contributed by atoms with Crippen LogP contribution in [-0.2, 0) is 4.74 Å². The number of nitrogens with one attached hydrogen (secondary N) is 2. The Morgan fingerprint density at radius 1 is 1.12 bits per heavy atom. The van der Waals surface area contributed by atoms with Crippen molar-refractivity contribution in [1.82, 2.24) is 14.9 Å². The van der Waals surface area contributed by atoms with E-state index in [1.807, 2.05) is 6.07 Å². The molecule has 0 saturated carbocycles. The van der Waals surface area contributed by atoms with Crippen molar-refractivity contribution in [1.29, 1.82) is 0 Å². The van der Waals surface area contributed by atoms with E-state index in [0.717, 1.165) is 74.4 Å². The molecule has 4 heterocycles. The number of rotatable bonds is 7. The van der Waals surface area contributed by atoms with Gasteiger partial charge in [-0.3, -0.25) is 10.3 Å². The van der Waals surface area contributed by atoms with Crippen molar-refractivity contribution < 1.29 is 9.47 Å². The van der Waals surface area contributed by atoms with E-state index < -0.39 is 0 Å². The van der Waals surface area contributed by atoms with Crippen molar-refractivity contribution in [3.63, 3.8) is 0 Å². The van der Waals surface area contributed by atoms with Crippen molar-refractivity contribution in [3.05, 3.63) is 47.7 Å². The molecule has 0 atom stereocenters. The van der Waals surface area contributed by atoms with E-state index >= 15 is 0 Å². The highest BCUT2D eigenvalue weighted by Crippen LogP contribution is 2.29. The van der Waals surface area contributed by atoms with Crippen molar-refractivity contribution >= 4 is 23.0 Å². The Bertz CT molecular complexity index is 1060. The third kappa shape index (κ3) is 5.31. The Labute approximate surface area is 200 Å². The molecule has 2 fully saturated rings. The lowest BCUT2D eigenvalue weighted by Gasteiger charge is -2.28. The van der Waals surface area contributed by atoms with Gasteiger partial charge in [-0.05, 0) is 38.3 Å². The maximum atomic E-state index is 6.00. The van der Waals surface area contributed by atoms with E-state index in [4.69, 9.17) is 14.5 Å². The summed E-state index contributed by atoms with van der Waals surface area (Å²) in [7, 11) is 0. The summed E-state index contributed by atoms with van der Waals surface area (Å²) in [5.41, 5.74) is 7.91. The summed E-state index contributed by atoms with van der Waals surface area (Å²) in [5.74, 6) is 1.48. The average molecular weight is 464 g/mol. The molecule has 34 heavy (non-hydrogen) atoms. The summed E-state index contributed by atoms with van der Waals surface area (Å²) in [5, 5.41) is 7.96. The predicted octanol–water partition coefficient (Wildman–Crippen LogP) is 3.24. The minimum Gasteiger partial charge on any atom is -0.462 e. The van der Waals surface area contributed by atoms with Gasteiger partial charge in [0.25, 0.3) is 0 Å². The van der Waals surface area contributed by atoms with E-state index in [2.05, 4.69) is 62.3 Å². The van der Waals surface area contributed by atoms with Crippen LogP contribution in [0.3, 0.4) is 0 Å². The van der Waals surface area contributed by atoms with Crippen molar-refractivity contribution in [2.45, 2.75) is 26.2 Å². The molecule has 9 heteroatoms. The number of piperidine rings is 1. The number of fused-ring (bicyclic) bond motifs is 1. The highest BCUT2D eigenvalue weighted by molar-refractivity contribution is 6.21. The number of ether oxygens (including phenoxy) is 2. The van der Waals surface area contributed by atoms with Gasteiger partial charge in [-0.25, -0.2) is 0 Å². The molecule has 0 radical (unpaired) electrons. The fourth-order valence-corrected chi connectivity index (χ4v) is 4.50. The first-order chi connectivity index (χ1) is 16.7. The number of hydrogen-bond donors (Lipinski definition) is 2. The molecule has 0 bridgehead atoms. The Kier molecular flexibility index (Phi) is 6.92. The minimum atomic E-state index is 0.374. The third-order valence-electron chi connectivity index (χ3n) is 6.40. The van der Waals surface area contributed by atoms with Crippen LogP contribution < -0.4 is 20.4 Å². The predicted molar refractivity (Wildman–Crippen MR) is 135 cm³/mol. The first-order valence-corrected chi connectivity index (χ1v) is 12.1. The largest absolute Gasteiger partial charge is 0.462 e. The van der Waals surface area contributed by atoms with E-state index in [1.54, 1.807) is 0 Å². The fraction of sp³-hybridized carbons (Fsp3) is 0.480. The third-order valence-corrected chi connectivity index (χ3v) is 6.40. The Hall–Kier alpha value is -3.17.